The van der Waals surface area contributed by atoms with E-state index in [9.17, 15) is 18.3 Å². The maximum absolute atomic E-state index is 11.9. The molecule has 21 heavy (non-hydrogen) atoms. The summed E-state index contributed by atoms with van der Waals surface area (Å²) in [6.45, 7) is 2.96. The van der Waals surface area contributed by atoms with Crippen LogP contribution in [0, 0.1) is 5.92 Å². The Hall–Kier alpha value is -0.330. The number of hydrogen-bond acceptors (Lipinski definition) is 3. The lowest BCUT2D eigenvalue weighted by molar-refractivity contribution is -0.135. The van der Waals surface area contributed by atoms with Crippen LogP contribution in [0.4, 0.5) is 13.2 Å². The number of aliphatic hydroxyl groups excluding tert-OH is 1. The summed E-state index contributed by atoms with van der Waals surface area (Å²) in [5.41, 5.74) is 0. The van der Waals surface area contributed by atoms with Crippen LogP contribution in [0.25, 0.3) is 0 Å². The number of halogens is 3. The van der Waals surface area contributed by atoms with Crippen LogP contribution in [0.1, 0.15) is 51.9 Å². The molecule has 0 heterocycles. The van der Waals surface area contributed by atoms with E-state index in [-0.39, 0.29) is 32.2 Å². The third-order valence-electron chi connectivity index (χ3n) is 4.06. The van der Waals surface area contributed by atoms with Crippen LogP contribution >= 0.6 is 0 Å². The summed E-state index contributed by atoms with van der Waals surface area (Å²) in [6.07, 6.45) is 0.477. The van der Waals surface area contributed by atoms with E-state index < -0.39 is 18.7 Å². The van der Waals surface area contributed by atoms with Gasteiger partial charge in [-0.1, -0.05) is 26.2 Å². The second-order valence-corrected chi connectivity index (χ2v) is 5.90. The molecular formula is C15H28F3NO2. The van der Waals surface area contributed by atoms with Gasteiger partial charge in [-0.2, -0.15) is 13.2 Å². The minimum Gasteiger partial charge on any atom is -0.389 e. The van der Waals surface area contributed by atoms with E-state index in [1.165, 1.54) is 19.3 Å². The van der Waals surface area contributed by atoms with E-state index in [2.05, 4.69) is 12.2 Å². The van der Waals surface area contributed by atoms with E-state index >= 15 is 0 Å². The van der Waals surface area contributed by atoms with Crippen molar-refractivity contribution >= 4 is 0 Å². The van der Waals surface area contributed by atoms with E-state index in [0.29, 0.717) is 5.92 Å². The molecule has 1 aliphatic rings. The number of alkyl halides is 3. The van der Waals surface area contributed by atoms with Crippen molar-refractivity contribution in [3.05, 3.63) is 0 Å². The average Bonchev–Trinajstić information content (AvgIpc) is 2.43. The van der Waals surface area contributed by atoms with Gasteiger partial charge in [0.05, 0.1) is 18.8 Å². The van der Waals surface area contributed by atoms with E-state index in [4.69, 9.17) is 4.74 Å². The van der Waals surface area contributed by atoms with Crippen molar-refractivity contribution in [3.63, 3.8) is 0 Å². The fourth-order valence-electron chi connectivity index (χ4n) is 2.84. The quantitative estimate of drug-likeness (QED) is 0.642. The fourth-order valence-corrected chi connectivity index (χ4v) is 2.84. The maximum Gasteiger partial charge on any atom is 0.389 e. The number of hydrogen-bond donors (Lipinski definition) is 2. The number of aliphatic hydroxyl groups is 1. The van der Waals surface area contributed by atoms with Crippen LogP contribution in [0.5, 0.6) is 0 Å². The van der Waals surface area contributed by atoms with E-state index in [1.54, 1.807) is 0 Å². The summed E-state index contributed by atoms with van der Waals surface area (Å²) in [4.78, 5) is 0. The van der Waals surface area contributed by atoms with Crippen LogP contribution in [0.3, 0.4) is 0 Å². The standard InChI is InChI=1S/C15H28F3NO2/c1-2-12-6-3-4-7-14(12)21-11-13(20)10-19-9-5-8-15(16,17)18/h12-14,19-20H,2-11H2,1H3. The Bertz CT molecular complexity index is 274. The fraction of sp³-hybridized carbons (Fsp3) is 1.00. The molecule has 1 aliphatic carbocycles. The molecular weight excluding hydrogens is 283 g/mol. The molecule has 0 amide bonds. The zero-order valence-electron chi connectivity index (χ0n) is 12.8. The second kappa shape index (κ2) is 9.64. The molecule has 1 fully saturated rings. The Kier molecular flexibility index (Phi) is 8.59. The largest absolute Gasteiger partial charge is 0.389 e. The SMILES string of the molecule is CCC1CCCCC1OCC(O)CNCCCC(F)(F)F. The van der Waals surface area contributed by atoms with Gasteiger partial charge in [0.15, 0.2) is 0 Å². The van der Waals surface area contributed by atoms with Crippen LogP contribution in [0.15, 0.2) is 0 Å². The summed E-state index contributed by atoms with van der Waals surface area (Å²) in [5.74, 6) is 0.575. The molecule has 0 aromatic heterocycles. The first-order valence-corrected chi connectivity index (χ1v) is 7.99. The summed E-state index contributed by atoms with van der Waals surface area (Å²) >= 11 is 0. The number of ether oxygens (including phenoxy) is 1. The van der Waals surface area contributed by atoms with Crippen molar-refractivity contribution < 1.29 is 23.0 Å². The van der Waals surface area contributed by atoms with Crippen molar-refractivity contribution in [2.75, 3.05) is 19.7 Å². The molecule has 0 aliphatic heterocycles. The van der Waals surface area contributed by atoms with Gasteiger partial charge in [-0.3, -0.25) is 0 Å². The average molecular weight is 311 g/mol. The molecule has 0 bridgehead atoms. The molecule has 0 spiro atoms. The van der Waals surface area contributed by atoms with Gasteiger partial charge in [0, 0.05) is 13.0 Å². The molecule has 6 heteroatoms. The minimum absolute atomic E-state index is 0.0393. The molecule has 1 saturated carbocycles. The third-order valence-corrected chi connectivity index (χ3v) is 4.06. The molecule has 2 N–H and O–H groups in total. The zero-order chi connectivity index (χ0) is 15.7. The Morgan fingerprint density at radius 1 is 1.29 bits per heavy atom. The van der Waals surface area contributed by atoms with Gasteiger partial charge < -0.3 is 15.2 Å². The summed E-state index contributed by atoms with van der Waals surface area (Å²) < 4.78 is 41.6. The second-order valence-electron chi connectivity index (χ2n) is 5.90. The Labute approximate surface area is 125 Å². The Morgan fingerprint density at radius 2 is 2.00 bits per heavy atom. The Balaban J connectivity index is 2.06. The first-order valence-electron chi connectivity index (χ1n) is 7.99. The molecule has 3 atom stereocenters. The van der Waals surface area contributed by atoms with Gasteiger partial charge in [-0.25, -0.2) is 0 Å². The first kappa shape index (κ1) is 18.7. The zero-order valence-corrected chi connectivity index (χ0v) is 12.8. The lowest BCUT2D eigenvalue weighted by Gasteiger charge is -2.31. The lowest BCUT2D eigenvalue weighted by Crippen LogP contribution is -2.35. The monoisotopic (exact) mass is 311 g/mol. The predicted octanol–water partition coefficient (Wildman–Crippen LogP) is 3.26. The third kappa shape index (κ3) is 8.63. The van der Waals surface area contributed by atoms with Crippen molar-refractivity contribution in [2.24, 2.45) is 5.92 Å². The Morgan fingerprint density at radius 3 is 2.67 bits per heavy atom. The molecule has 3 nitrogen and oxygen atoms in total. The maximum atomic E-state index is 11.9. The molecule has 1 rings (SSSR count). The van der Waals surface area contributed by atoms with Crippen LogP contribution in [0.2, 0.25) is 0 Å². The molecule has 0 aromatic rings. The summed E-state index contributed by atoms with van der Waals surface area (Å²) in [5, 5.41) is 12.6. The van der Waals surface area contributed by atoms with Crippen molar-refractivity contribution in [2.45, 2.75) is 70.3 Å². The molecule has 0 radical (unpaired) electrons. The van der Waals surface area contributed by atoms with E-state index in [0.717, 1.165) is 12.8 Å². The molecule has 0 aromatic carbocycles. The van der Waals surface area contributed by atoms with Gasteiger partial charge in [0.25, 0.3) is 0 Å². The van der Waals surface area contributed by atoms with Crippen molar-refractivity contribution in [1.29, 1.82) is 0 Å². The summed E-state index contributed by atoms with van der Waals surface area (Å²) in [6, 6.07) is 0. The molecule has 0 saturated heterocycles. The summed E-state index contributed by atoms with van der Waals surface area (Å²) in [7, 11) is 0. The van der Waals surface area contributed by atoms with Gasteiger partial charge in [-0.05, 0) is 31.7 Å². The lowest BCUT2D eigenvalue weighted by atomic mass is 9.85. The van der Waals surface area contributed by atoms with E-state index in [1.807, 2.05) is 0 Å². The molecule has 126 valence electrons. The predicted molar refractivity (Wildman–Crippen MR) is 76.2 cm³/mol. The first-order chi connectivity index (χ1) is 9.92. The van der Waals surface area contributed by atoms with Gasteiger partial charge in [0.2, 0.25) is 0 Å². The normalized spacial score (nSPS) is 25.0. The highest BCUT2D eigenvalue weighted by atomic mass is 19.4. The molecule has 3 unspecified atom stereocenters. The van der Waals surface area contributed by atoms with Crippen molar-refractivity contribution in [1.82, 2.24) is 5.32 Å². The van der Waals surface area contributed by atoms with Gasteiger partial charge in [-0.15, -0.1) is 0 Å². The topological polar surface area (TPSA) is 41.5 Å². The highest BCUT2D eigenvalue weighted by Gasteiger charge is 2.26. The van der Waals surface area contributed by atoms with Gasteiger partial charge >= 0.3 is 6.18 Å². The van der Waals surface area contributed by atoms with Crippen LogP contribution < -0.4 is 5.32 Å². The highest BCUT2D eigenvalue weighted by Crippen LogP contribution is 2.29. The smallest absolute Gasteiger partial charge is 0.389 e. The highest BCUT2D eigenvalue weighted by molar-refractivity contribution is 4.75. The van der Waals surface area contributed by atoms with Crippen LogP contribution in [-0.4, -0.2) is 43.2 Å². The number of rotatable bonds is 9. The minimum atomic E-state index is -4.10. The van der Waals surface area contributed by atoms with Gasteiger partial charge in [0.1, 0.15) is 0 Å². The van der Waals surface area contributed by atoms with Crippen LogP contribution in [-0.2, 0) is 4.74 Å². The number of nitrogens with one attached hydrogen (secondary N) is 1. The van der Waals surface area contributed by atoms with Crippen molar-refractivity contribution in [3.8, 4) is 0 Å².